The molecule has 1 aliphatic rings. The largest absolute Gasteiger partial charge is 0.346 e. The molecule has 6 heteroatoms. The molecule has 0 atom stereocenters. The molecule has 5 nitrogen and oxygen atoms in total. The van der Waals surface area contributed by atoms with E-state index in [1.165, 1.54) is 0 Å². The van der Waals surface area contributed by atoms with Crippen molar-refractivity contribution >= 4 is 33.6 Å². The lowest BCUT2D eigenvalue weighted by molar-refractivity contribution is -0.135. The molecular formula is C19H28BrN3O2. The number of carbonyl (C=O) groups is 2. The zero-order valence-electron chi connectivity index (χ0n) is 15.3. The predicted molar refractivity (Wildman–Crippen MR) is 105 cm³/mol. The Morgan fingerprint density at radius 3 is 2.60 bits per heavy atom. The number of hydrogen-bond acceptors (Lipinski definition) is 2. The number of nitrogens with one attached hydrogen (secondary N) is 1. The number of unbranched alkanes of at least 4 members (excludes halogenated alkanes) is 1. The summed E-state index contributed by atoms with van der Waals surface area (Å²) < 4.78 is 0.977. The second kappa shape index (κ2) is 9.22. The van der Waals surface area contributed by atoms with Crippen LogP contribution >= 0.6 is 15.9 Å². The number of piperidine rings is 1. The first-order valence-electron chi connectivity index (χ1n) is 8.99. The average Bonchev–Trinajstić information content (AvgIpc) is 2.62. The van der Waals surface area contributed by atoms with Crippen LogP contribution in [0.4, 0.5) is 10.5 Å². The molecule has 25 heavy (non-hydrogen) atoms. The Balaban J connectivity index is 1.83. The smallest absolute Gasteiger partial charge is 0.321 e. The van der Waals surface area contributed by atoms with Crippen LogP contribution in [0.1, 0.15) is 38.2 Å². The van der Waals surface area contributed by atoms with E-state index in [4.69, 9.17) is 0 Å². The van der Waals surface area contributed by atoms with E-state index in [0.717, 1.165) is 48.0 Å². The standard InChI is InChI=1S/C19H28BrN3O2/c1-4-5-10-22(3)18(24)15-8-11-23(12-9-15)19(25)21-16-7-6-14(2)17(20)13-16/h6-7,13,15H,4-5,8-12H2,1-3H3,(H,21,25). The van der Waals surface area contributed by atoms with Gasteiger partial charge >= 0.3 is 6.03 Å². The number of carbonyl (C=O) groups excluding carboxylic acids is 2. The number of likely N-dealkylation sites (tertiary alicyclic amines) is 1. The first-order chi connectivity index (χ1) is 11.9. The summed E-state index contributed by atoms with van der Waals surface area (Å²) in [4.78, 5) is 28.5. The highest BCUT2D eigenvalue weighted by atomic mass is 79.9. The summed E-state index contributed by atoms with van der Waals surface area (Å²) in [6.07, 6.45) is 3.60. The van der Waals surface area contributed by atoms with E-state index in [1.807, 2.05) is 37.1 Å². The van der Waals surface area contributed by atoms with Crippen molar-refractivity contribution in [3.63, 3.8) is 0 Å². The molecule has 1 aromatic carbocycles. The third kappa shape index (κ3) is 5.46. The number of aryl methyl sites for hydroxylation is 1. The molecule has 0 aliphatic carbocycles. The summed E-state index contributed by atoms with van der Waals surface area (Å²) in [7, 11) is 1.88. The van der Waals surface area contributed by atoms with E-state index in [2.05, 4.69) is 28.2 Å². The molecule has 1 aromatic rings. The van der Waals surface area contributed by atoms with Crippen LogP contribution in [0.15, 0.2) is 22.7 Å². The Bertz CT molecular complexity index is 613. The van der Waals surface area contributed by atoms with Gasteiger partial charge in [-0.15, -0.1) is 0 Å². The van der Waals surface area contributed by atoms with E-state index >= 15 is 0 Å². The number of amides is 3. The van der Waals surface area contributed by atoms with Gasteiger partial charge in [0.25, 0.3) is 0 Å². The summed E-state index contributed by atoms with van der Waals surface area (Å²) in [6, 6.07) is 5.68. The molecular weight excluding hydrogens is 382 g/mol. The van der Waals surface area contributed by atoms with Gasteiger partial charge in [-0.25, -0.2) is 4.79 Å². The van der Waals surface area contributed by atoms with E-state index in [1.54, 1.807) is 4.90 Å². The number of anilines is 1. The van der Waals surface area contributed by atoms with Gasteiger partial charge in [0, 0.05) is 42.8 Å². The van der Waals surface area contributed by atoms with Gasteiger partial charge in [-0.1, -0.05) is 35.3 Å². The van der Waals surface area contributed by atoms with Crippen molar-refractivity contribution in [1.29, 1.82) is 0 Å². The monoisotopic (exact) mass is 409 g/mol. The molecule has 0 unspecified atom stereocenters. The second-order valence-corrected chi connectivity index (χ2v) is 7.62. The van der Waals surface area contributed by atoms with E-state index in [-0.39, 0.29) is 17.9 Å². The summed E-state index contributed by atoms with van der Waals surface area (Å²) in [5.74, 6) is 0.260. The van der Waals surface area contributed by atoms with Crippen LogP contribution in [-0.2, 0) is 4.79 Å². The molecule has 138 valence electrons. The van der Waals surface area contributed by atoms with Crippen molar-refractivity contribution in [2.75, 3.05) is 32.0 Å². The fourth-order valence-electron chi connectivity index (χ4n) is 3.02. The highest BCUT2D eigenvalue weighted by Crippen LogP contribution is 2.23. The van der Waals surface area contributed by atoms with Gasteiger partial charge in [0.05, 0.1) is 0 Å². The highest BCUT2D eigenvalue weighted by Gasteiger charge is 2.29. The lowest BCUT2D eigenvalue weighted by Crippen LogP contribution is -2.45. The van der Waals surface area contributed by atoms with Gasteiger partial charge in [0.1, 0.15) is 0 Å². The van der Waals surface area contributed by atoms with Gasteiger partial charge in [-0.3, -0.25) is 4.79 Å². The topological polar surface area (TPSA) is 52.7 Å². The van der Waals surface area contributed by atoms with Crippen LogP contribution in [0.25, 0.3) is 0 Å². The Morgan fingerprint density at radius 2 is 2.00 bits per heavy atom. The van der Waals surface area contributed by atoms with Crippen LogP contribution in [0.2, 0.25) is 0 Å². The minimum absolute atomic E-state index is 0.0411. The molecule has 1 fully saturated rings. The highest BCUT2D eigenvalue weighted by molar-refractivity contribution is 9.10. The molecule has 1 heterocycles. The third-order valence-corrected chi connectivity index (χ3v) is 5.63. The minimum atomic E-state index is -0.0963. The van der Waals surface area contributed by atoms with Crippen LogP contribution in [0, 0.1) is 12.8 Å². The van der Waals surface area contributed by atoms with Gasteiger partial charge in [0.2, 0.25) is 5.91 Å². The quantitative estimate of drug-likeness (QED) is 0.789. The zero-order valence-corrected chi connectivity index (χ0v) is 16.9. The van der Waals surface area contributed by atoms with Gasteiger partial charge in [0.15, 0.2) is 0 Å². The fraction of sp³-hybridized carbons (Fsp3) is 0.579. The maximum absolute atomic E-state index is 12.4. The van der Waals surface area contributed by atoms with Crippen LogP contribution in [0.3, 0.4) is 0 Å². The van der Waals surface area contributed by atoms with Crippen LogP contribution in [-0.4, -0.2) is 48.4 Å². The molecule has 0 radical (unpaired) electrons. The van der Waals surface area contributed by atoms with Gasteiger partial charge < -0.3 is 15.1 Å². The SMILES string of the molecule is CCCCN(C)C(=O)C1CCN(C(=O)Nc2ccc(C)c(Br)c2)CC1. The Hall–Kier alpha value is -1.56. The molecule has 0 bridgehead atoms. The third-order valence-electron chi connectivity index (χ3n) is 4.78. The summed E-state index contributed by atoms with van der Waals surface area (Å²) in [5.41, 5.74) is 1.91. The van der Waals surface area contributed by atoms with Crippen molar-refractivity contribution in [3.8, 4) is 0 Å². The molecule has 1 N–H and O–H groups in total. The van der Waals surface area contributed by atoms with E-state index in [9.17, 15) is 9.59 Å². The van der Waals surface area contributed by atoms with Gasteiger partial charge in [-0.05, 0) is 43.9 Å². The Morgan fingerprint density at radius 1 is 1.32 bits per heavy atom. The summed E-state index contributed by atoms with van der Waals surface area (Å²) >= 11 is 3.48. The van der Waals surface area contributed by atoms with Crippen molar-refractivity contribution in [3.05, 3.63) is 28.2 Å². The number of halogens is 1. The molecule has 1 aliphatic heterocycles. The van der Waals surface area contributed by atoms with Crippen molar-refractivity contribution in [1.82, 2.24) is 9.80 Å². The molecule has 2 rings (SSSR count). The normalized spacial score (nSPS) is 15.1. The number of benzene rings is 1. The Labute approximate surface area is 158 Å². The molecule has 0 aromatic heterocycles. The van der Waals surface area contributed by atoms with Gasteiger partial charge in [-0.2, -0.15) is 0 Å². The number of nitrogens with zero attached hydrogens (tertiary/aromatic N) is 2. The maximum atomic E-state index is 12.4. The van der Waals surface area contributed by atoms with Crippen molar-refractivity contribution in [2.24, 2.45) is 5.92 Å². The average molecular weight is 410 g/mol. The summed E-state index contributed by atoms with van der Waals surface area (Å²) in [5, 5.41) is 2.94. The van der Waals surface area contributed by atoms with Crippen molar-refractivity contribution < 1.29 is 9.59 Å². The summed E-state index contributed by atoms with van der Waals surface area (Å²) in [6.45, 7) is 6.20. The first-order valence-corrected chi connectivity index (χ1v) is 9.78. The maximum Gasteiger partial charge on any atom is 0.321 e. The number of hydrogen-bond donors (Lipinski definition) is 1. The minimum Gasteiger partial charge on any atom is -0.346 e. The lowest BCUT2D eigenvalue weighted by atomic mass is 9.95. The number of rotatable bonds is 5. The fourth-order valence-corrected chi connectivity index (χ4v) is 3.40. The molecule has 3 amide bonds. The Kier molecular flexibility index (Phi) is 7.29. The van der Waals surface area contributed by atoms with E-state index < -0.39 is 0 Å². The first kappa shape index (κ1) is 19.8. The second-order valence-electron chi connectivity index (χ2n) is 6.77. The molecule has 0 saturated carbocycles. The zero-order chi connectivity index (χ0) is 18.4. The number of urea groups is 1. The molecule has 0 spiro atoms. The van der Waals surface area contributed by atoms with Crippen LogP contribution in [0.5, 0.6) is 0 Å². The predicted octanol–water partition coefficient (Wildman–Crippen LogP) is 4.26. The van der Waals surface area contributed by atoms with Crippen LogP contribution < -0.4 is 5.32 Å². The van der Waals surface area contributed by atoms with Crippen molar-refractivity contribution in [2.45, 2.75) is 39.5 Å². The lowest BCUT2D eigenvalue weighted by Gasteiger charge is -2.33. The van der Waals surface area contributed by atoms with E-state index in [0.29, 0.717) is 13.1 Å². The molecule has 1 saturated heterocycles.